The fraction of sp³-hybridized carbons (Fsp3) is 0.200. The van der Waals surface area contributed by atoms with Crippen molar-refractivity contribution < 1.29 is 4.92 Å². The number of rotatable bonds is 4. The lowest BCUT2D eigenvalue weighted by molar-refractivity contribution is -0.385. The van der Waals surface area contributed by atoms with E-state index < -0.39 is 4.92 Å². The van der Waals surface area contributed by atoms with Crippen LogP contribution in [0.2, 0.25) is 5.28 Å². The number of nitrogens with one attached hydrogen (secondary N) is 1. The first-order valence-corrected chi connectivity index (χ1v) is 7.12. The summed E-state index contributed by atoms with van der Waals surface area (Å²) in [5.74, 6) is 0.132. The molecule has 0 unspecified atom stereocenters. The number of nitrogens with zero attached hydrogens (tertiary/aromatic N) is 3. The summed E-state index contributed by atoms with van der Waals surface area (Å²) in [7, 11) is 0. The van der Waals surface area contributed by atoms with Gasteiger partial charge in [-0.1, -0.05) is 0 Å². The molecule has 100 valence electrons. The van der Waals surface area contributed by atoms with E-state index in [4.69, 9.17) is 11.6 Å². The van der Waals surface area contributed by atoms with Crippen molar-refractivity contribution in [2.75, 3.05) is 5.32 Å². The Morgan fingerprint density at radius 3 is 2.84 bits per heavy atom. The Kier molecular flexibility index (Phi) is 4.33. The van der Waals surface area contributed by atoms with E-state index in [-0.39, 0.29) is 22.5 Å². The molecule has 2 rings (SSSR count). The third kappa shape index (κ3) is 3.40. The Morgan fingerprint density at radius 2 is 2.26 bits per heavy atom. The molecule has 0 radical (unpaired) electrons. The van der Waals surface area contributed by atoms with Gasteiger partial charge in [0.05, 0.1) is 15.3 Å². The molecule has 0 aromatic carbocycles. The molecule has 0 atom stereocenters. The van der Waals surface area contributed by atoms with E-state index in [0.29, 0.717) is 6.54 Å². The van der Waals surface area contributed by atoms with Crippen molar-refractivity contribution in [2.45, 2.75) is 13.5 Å². The van der Waals surface area contributed by atoms with Crippen molar-refractivity contribution in [3.05, 3.63) is 41.9 Å². The Labute approximate surface area is 126 Å². The monoisotopic (exact) mass is 362 g/mol. The number of halogens is 2. The zero-order chi connectivity index (χ0) is 14.0. The second kappa shape index (κ2) is 5.81. The summed E-state index contributed by atoms with van der Waals surface area (Å²) < 4.78 is 0.996. The van der Waals surface area contributed by atoms with Crippen molar-refractivity contribution in [1.82, 2.24) is 9.97 Å². The first kappa shape index (κ1) is 14.2. The van der Waals surface area contributed by atoms with Crippen LogP contribution in [0, 0.1) is 17.0 Å². The highest BCUT2D eigenvalue weighted by molar-refractivity contribution is 9.11. The van der Waals surface area contributed by atoms with E-state index in [0.717, 1.165) is 8.66 Å². The van der Waals surface area contributed by atoms with Gasteiger partial charge in [-0.2, -0.15) is 4.98 Å². The minimum absolute atomic E-state index is 0.0158. The number of nitro groups is 1. The average Bonchev–Trinajstić information content (AvgIpc) is 2.71. The van der Waals surface area contributed by atoms with Crippen LogP contribution >= 0.6 is 38.9 Å². The summed E-state index contributed by atoms with van der Waals surface area (Å²) in [4.78, 5) is 19.2. The molecule has 19 heavy (non-hydrogen) atoms. The van der Waals surface area contributed by atoms with Crippen molar-refractivity contribution in [3.8, 4) is 0 Å². The molecule has 2 heterocycles. The van der Waals surface area contributed by atoms with Gasteiger partial charge in [0, 0.05) is 4.88 Å². The Hall–Kier alpha value is -1.25. The number of aryl methyl sites for hydroxylation is 1. The highest BCUT2D eigenvalue weighted by atomic mass is 79.9. The molecule has 6 nitrogen and oxygen atoms in total. The molecular formula is C10H8BrClN4O2S. The van der Waals surface area contributed by atoms with Gasteiger partial charge in [-0.15, -0.1) is 11.3 Å². The highest BCUT2D eigenvalue weighted by Crippen LogP contribution is 2.28. The topological polar surface area (TPSA) is 81.0 Å². The first-order valence-electron chi connectivity index (χ1n) is 5.14. The third-order valence-electron chi connectivity index (χ3n) is 2.27. The molecular weight excluding hydrogens is 356 g/mol. The second-order valence-corrected chi connectivity index (χ2v) is 6.48. The summed E-state index contributed by atoms with van der Waals surface area (Å²) in [5.41, 5.74) is 0.0832. The van der Waals surface area contributed by atoms with Gasteiger partial charge in [-0.3, -0.25) is 10.1 Å². The molecule has 0 aliphatic carbocycles. The van der Waals surface area contributed by atoms with Gasteiger partial charge in [-0.05, 0) is 46.6 Å². The van der Waals surface area contributed by atoms with Crippen LogP contribution in [0.4, 0.5) is 11.5 Å². The van der Waals surface area contributed by atoms with E-state index >= 15 is 0 Å². The summed E-state index contributed by atoms with van der Waals surface area (Å²) in [6.45, 7) is 1.96. The van der Waals surface area contributed by atoms with Crippen LogP contribution in [-0.2, 0) is 6.54 Å². The maximum absolute atomic E-state index is 11.0. The van der Waals surface area contributed by atoms with Crippen molar-refractivity contribution in [2.24, 2.45) is 0 Å². The van der Waals surface area contributed by atoms with Gasteiger partial charge in [0.1, 0.15) is 5.69 Å². The van der Waals surface area contributed by atoms with Crippen LogP contribution in [0.15, 0.2) is 15.9 Å². The van der Waals surface area contributed by atoms with Crippen molar-refractivity contribution >= 4 is 50.4 Å². The summed E-state index contributed by atoms with van der Waals surface area (Å²) in [6.07, 6.45) is 0. The SMILES string of the molecule is Cc1nc(Cl)nc(NCc2ccc(Br)s2)c1[N+](=O)[O-]. The molecule has 0 aliphatic rings. The van der Waals surface area contributed by atoms with E-state index in [1.807, 2.05) is 12.1 Å². The zero-order valence-corrected chi connectivity index (χ0v) is 12.8. The Bertz CT molecular complexity index is 634. The van der Waals surface area contributed by atoms with E-state index in [9.17, 15) is 10.1 Å². The van der Waals surface area contributed by atoms with Gasteiger partial charge in [-0.25, -0.2) is 4.98 Å². The molecule has 9 heteroatoms. The Balaban J connectivity index is 2.26. The maximum Gasteiger partial charge on any atom is 0.332 e. The van der Waals surface area contributed by atoms with Crippen LogP contribution in [0.25, 0.3) is 0 Å². The first-order chi connectivity index (χ1) is 8.97. The minimum Gasteiger partial charge on any atom is -0.359 e. The molecule has 0 aliphatic heterocycles. The second-order valence-electron chi connectivity index (χ2n) is 3.59. The molecule has 0 fully saturated rings. The number of hydrogen-bond acceptors (Lipinski definition) is 6. The van der Waals surface area contributed by atoms with Crippen LogP contribution < -0.4 is 5.32 Å². The fourth-order valence-corrected chi connectivity index (χ4v) is 3.13. The lowest BCUT2D eigenvalue weighted by atomic mass is 10.3. The van der Waals surface area contributed by atoms with Crippen molar-refractivity contribution in [3.63, 3.8) is 0 Å². The largest absolute Gasteiger partial charge is 0.359 e. The smallest absolute Gasteiger partial charge is 0.332 e. The molecule has 2 aromatic heterocycles. The van der Waals surface area contributed by atoms with Gasteiger partial charge in [0.15, 0.2) is 0 Å². The number of hydrogen-bond donors (Lipinski definition) is 1. The minimum atomic E-state index is -0.516. The highest BCUT2D eigenvalue weighted by Gasteiger charge is 2.21. The summed E-state index contributed by atoms with van der Waals surface area (Å²) >= 11 is 10.6. The molecule has 0 bridgehead atoms. The van der Waals surface area contributed by atoms with E-state index in [1.54, 1.807) is 0 Å². The molecule has 0 amide bonds. The molecule has 0 saturated heterocycles. The van der Waals surface area contributed by atoms with E-state index in [2.05, 4.69) is 31.2 Å². The van der Waals surface area contributed by atoms with Crippen LogP contribution in [-0.4, -0.2) is 14.9 Å². The summed E-state index contributed by atoms with van der Waals surface area (Å²) in [6, 6.07) is 3.83. The molecule has 1 N–H and O–H groups in total. The van der Waals surface area contributed by atoms with Crippen LogP contribution in [0.1, 0.15) is 10.6 Å². The molecule has 2 aromatic rings. The maximum atomic E-state index is 11.0. The van der Waals surface area contributed by atoms with E-state index in [1.165, 1.54) is 18.3 Å². The van der Waals surface area contributed by atoms with Gasteiger partial charge in [0.2, 0.25) is 11.1 Å². The zero-order valence-electron chi connectivity index (χ0n) is 9.68. The number of anilines is 1. The van der Waals surface area contributed by atoms with Gasteiger partial charge in [0.25, 0.3) is 0 Å². The predicted molar refractivity (Wildman–Crippen MR) is 77.8 cm³/mol. The fourth-order valence-electron chi connectivity index (χ4n) is 1.49. The lowest BCUT2D eigenvalue weighted by Crippen LogP contribution is -2.07. The quantitative estimate of drug-likeness (QED) is 0.508. The van der Waals surface area contributed by atoms with Crippen molar-refractivity contribution in [1.29, 1.82) is 0 Å². The van der Waals surface area contributed by atoms with Gasteiger partial charge < -0.3 is 5.32 Å². The molecule has 0 saturated carbocycles. The average molecular weight is 364 g/mol. The lowest BCUT2D eigenvalue weighted by Gasteiger charge is -2.06. The normalized spacial score (nSPS) is 10.5. The van der Waals surface area contributed by atoms with Crippen LogP contribution in [0.5, 0.6) is 0 Å². The number of thiophene rings is 1. The standard InChI is InChI=1S/C10H8BrClN4O2S/c1-5-8(16(17)18)9(15-10(12)14-5)13-4-6-2-3-7(11)19-6/h2-3H,4H2,1H3,(H,13,14,15). The van der Waals surface area contributed by atoms with Gasteiger partial charge >= 0.3 is 5.69 Å². The Morgan fingerprint density at radius 1 is 1.53 bits per heavy atom. The number of aromatic nitrogens is 2. The predicted octanol–water partition coefficient (Wildman–Crippen LogP) is 3.78. The third-order valence-corrected chi connectivity index (χ3v) is 4.07. The molecule has 0 spiro atoms. The van der Waals surface area contributed by atoms with Crippen LogP contribution in [0.3, 0.4) is 0 Å². The summed E-state index contributed by atoms with van der Waals surface area (Å²) in [5, 5.41) is 13.9.